The van der Waals surface area contributed by atoms with Crippen molar-refractivity contribution in [2.75, 3.05) is 5.32 Å². The van der Waals surface area contributed by atoms with E-state index in [4.69, 9.17) is 5.11 Å². The quantitative estimate of drug-likeness (QED) is 0.762. The van der Waals surface area contributed by atoms with Crippen molar-refractivity contribution in [3.05, 3.63) is 24.3 Å². The van der Waals surface area contributed by atoms with Crippen LogP contribution in [0.5, 0.6) is 5.75 Å². The number of nitrogens with one attached hydrogen (secondary N) is 1. The molecular weight excluding hydrogens is 234 g/mol. The molecule has 5 nitrogen and oxygen atoms in total. The number of carbonyl (C=O) groups excluding carboxylic acids is 1. The third-order valence-electron chi connectivity index (χ3n) is 3.28. The number of phenolic OH excluding ortho intramolecular Hbond substituents is 1. The predicted octanol–water partition coefficient (Wildman–Crippen LogP) is 1.83. The van der Waals surface area contributed by atoms with Crippen LogP contribution in [0.3, 0.4) is 0 Å². The van der Waals surface area contributed by atoms with Gasteiger partial charge in [-0.1, -0.05) is 12.5 Å². The molecule has 0 saturated heterocycles. The average molecular weight is 249 g/mol. The molecule has 1 saturated carbocycles. The smallest absolute Gasteiger partial charge is 0.307 e. The van der Waals surface area contributed by atoms with E-state index in [0.717, 1.165) is 6.42 Å². The molecule has 0 bridgehead atoms. The molecule has 5 heteroatoms. The Balaban J connectivity index is 2.06. The summed E-state index contributed by atoms with van der Waals surface area (Å²) in [5, 5.41) is 21.0. The van der Waals surface area contributed by atoms with E-state index < -0.39 is 17.8 Å². The van der Waals surface area contributed by atoms with Crippen LogP contribution in [0, 0.1) is 11.8 Å². The van der Waals surface area contributed by atoms with Gasteiger partial charge in [-0.15, -0.1) is 0 Å². The summed E-state index contributed by atoms with van der Waals surface area (Å²) in [7, 11) is 0. The maximum Gasteiger partial charge on any atom is 0.307 e. The fraction of sp³-hybridized carbons (Fsp3) is 0.385. The van der Waals surface area contributed by atoms with Gasteiger partial charge >= 0.3 is 5.97 Å². The van der Waals surface area contributed by atoms with Gasteiger partial charge in [-0.25, -0.2) is 0 Å². The number of phenols is 1. The second-order valence-corrected chi connectivity index (χ2v) is 4.52. The number of rotatable bonds is 3. The average Bonchev–Trinajstić information content (AvgIpc) is 2.77. The Bertz CT molecular complexity index is 472. The van der Waals surface area contributed by atoms with Crippen LogP contribution in [0.15, 0.2) is 24.3 Å². The first kappa shape index (κ1) is 12.4. The predicted molar refractivity (Wildman–Crippen MR) is 65.2 cm³/mol. The summed E-state index contributed by atoms with van der Waals surface area (Å²) in [5.41, 5.74) is 0.482. The maximum absolute atomic E-state index is 12.0. The number of aromatic hydroxyl groups is 1. The van der Waals surface area contributed by atoms with Gasteiger partial charge in [-0.2, -0.15) is 0 Å². The van der Waals surface area contributed by atoms with Gasteiger partial charge in [0, 0.05) is 11.8 Å². The van der Waals surface area contributed by atoms with Crippen molar-refractivity contribution in [2.45, 2.75) is 19.3 Å². The summed E-state index contributed by atoms with van der Waals surface area (Å²) in [5.74, 6) is -2.21. The van der Waals surface area contributed by atoms with Crippen molar-refractivity contribution in [1.82, 2.24) is 0 Å². The summed E-state index contributed by atoms with van der Waals surface area (Å²) in [6.07, 6.45) is 1.91. The molecule has 0 unspecified atom stereocenters. The van der Waals surface area contributed by atoms with Crippen molar-refractivity contribution in [3.8, 4) is 5.75 Å². The highest BCUT2D eigenvalue weighted by Crippen LogP contribution is 2.33. The van der Waals surface area contributed by atoms with Crippen molar-refractivity contribution in [2.24, 2.45) is 11.8 Å². The zero-order valence-corrected chi connectivity index (χ0v) is 9.80. The maximum atomic E-state index is 12.0. The van der Waals surface area contributed by atoms with Gasteiger partial charge in [0.25, 0.3) is 0 Å². The number of carbonyl (C=O) groups is 2. The molecule has 96 valence electrons. The summed E-state index contributed by atoms with van der Waals surface area (Å²) >= 11 is 0. The minimum atomic E-state index is -0.913. The van der Waals surface area contributed by atoms with E-state index in [1.807, 2.05) is 0 Å². The summed E-state index contributed by atoms with van der Waals surface area (Å²) < 4.78 is 0. The van der Waals surface area contributed by atoms with Gasteiger partial charge in [-0.05, 0) is 25.0 Å². The molecule has 1 amide bonds. The zero-order valence-electron chi connectivity index (χ0n) is 9.80. The number of anilines is 1. The molecule has 0 aliphatic heterocycles. The number of amides is 1. The molecule has 2 rings (SSSR count). The molecule has 0 radical (unpaired) electrons. The van der Waals surface area contributed by atoms with Gasteiger partial charge in [0.15, 0.2) is 0 Å². The van der Waals surface area contributed by atoms with E-state index in [9.17, 15) is 14.7 Å². The Morgan fingerprint density at radius 3 is 2.61 bits per heavy atom. The SMILES string of the molecule is O=C(O)[C@H]1CCC[C@H]1C(=O)Nc1cccc(O)c1. The van der Waals surface area contributed by atoms with Gasteiger partial charge in [0.05, 0.1) is 11.8 Å². The van der Waals surface area contributed by atoms with Crippen LogP contribution >= 0.6 is 0 Å². The minimum absolute atomic E-state index is 0.0639. The van der Waals surface area contributed by atoms with Crippen LogP contribution in [0.1, 0.15) is 19.3 Å². The zero-order chi connectivity index (χ0) is 13.1. The first-order valence-electron chi connectivity index (χ1n) is 5.90. The van der Waals surface area contributed by atoms with E-state index in [1.165, 1.54) is 12.1 Å². The van der Waals surface area contributed by atoms with Crippen LogP contribution in [-0.4, -0.2) is 22.1 Å². The molecule has 18 heavy (non-hydrogen) atoms. The number of hydrogen-bond acceptors (Lipinski definition) is 3. The van der Waals surface area contributed by atoms with Crippen molar-refractivity contribution in [1.29, 1.82) is 0 Å². The van der Waals surface area contributed by atoms with Crippen LogP contribution in [-0.2, 0) is 9.59 Å². The largest absolute Gasteiger partial charge is 0.508 e. The Hall–Kier alpha value is -2.04. The van der Waals surface area contributed by atoms with Crippen LogP contribution < -0.4 is 5.32 Å². The van der Waals surface area contributed by atoms with Crippen molar-refractivity contribution < 1.29 is 19.8 Å². The lowest BCUT2D eigenvalue weighted by Gasteiger charge is -2.15. The monoisotopic (exact) mass is 249 g/mol. The van der Waals surface area contributed by atoms with E-state index in [2.05, 4.69) is 5.32 Å². The highest BCUT2D eigenvalue weighted by atomic mass is 16.4. The minimum Gasteiger partial charge on any atom is -0.508 e. The topological polar surface area (TPSA) is 86.6 Å². The molecule has 1 aliphatic rings. The molecule has 0 aromatic heterocycles. The fourth-order valence-electron chi connectivity index (χ4n) is 2.39. The summed E-state index contributed by atoms with van der Waals surface area (Å²) in [6, 6.07) is 6.21. The van der Waals surface area contributed by atoms with Crippen molar-refractivity contribution in [3.63, 3.8) is 0 Å². The normalized spacial score (nSPS) is 22.7. The van der Waals surface area contributed by atoms with Gasteiger partial charge in [-0.3, -0.25) is 9.59 Å². The van der Waals surface area contributed by atoms with Gasteiger partial charge in [0.1, 0.15) is 5.75 Å². The molecular formula is C13H15NO4. The number of benzene rings is 1. The van der Waals surface area contributed by atoms with Crippen LogP contribution in [0.4, 0.5) is 5.69 Å². The van der Waals surface area contributed by atoms with Crippen LogP contribution in [0.25, 0.3) is 0 Å². The summed E-state index contributed by atoms with van der Waals surface area (Å²) in [4.78, 5) is 23.0. The Labute approximate surface area is 104 Å². The lowest BCUT2D eigenvalue weighted by Crippen LogP contribution is -2.29. The second-order valence-electron chi connectivity index (χ2n) is 4.52. The third-order valence-corrected chi connectivity index (χ3v) is 3.28. The second kappa shape index (κ2) is 5.08. The van der Waals surface area contributed by atoms with Crippen LogP contribution in [0.2, 0.25) is 0 Å². The molecule has 1 aliphatic carbocycles. The molecule has 0 spiro atoms. The Morgan fingerprint density at radius 1 is 1.22 bits per heavy atom. The molecule has 1 fully saturated rings. The molecule has 1 aromatic rings. The first-order valence-corrected chi connectivity index (χ1v) is 5.90. The molecule has 0 heterocycles. The third kappa shape index (κ3) is 2.61. The number of hydrogen-bond donors (Lipinski definition) is 3. The Morgan fingerprint density at radius 2 is 1.94 bits per heavy atom. The van der Waals surface area contributed by atoms with Gasteiger partial charge < -0.3 is 15.5 Å². The van der Waals surface area contributed by atoms with Gasteiger partial charge in [0.2, 0.25) is 5.91 Å². The molecule has 1 aromatic carbocycles. The lowest BCUT2D eigenvalue weighted by molar-refractivity contribution is -0.145. The standard InChI is InChI=1S/C13H15NO4/c15-9-4-1-3-8(7-9)14-12(16)10-5-2-6-11(10)13(17)18/h1,3-4,7,10-11,15H,2,5-6H2,(H,14,16)(H,17,18)/t10-,11+/m1/s1. The van der Waals surface area contributed by atoms with E-state index in [-0.39, 0.29) is 11.7 Å². The molecule has 2 atom stereocenters. The number of aliphatic carboxylic acids is 1. The highest BCUT2D eigenvalue weighted by Gasteiger charge is 2.37. The fourth-order valence-corrected chi connectivity index (χ4v) is 2.39. The lowest BCUT2D eigenvalue weighted by atomic mass is 9.95. The van der Waals surface area contributed by atoms with E-state index in [0.29, 0.717) is 18.5 Å². The number of carboxylic acids is 1. The summed E-state index contributed by atoms with van der Waals surface area (Å²) in [6.45, 7) is 0. The molecule has 3 N–H and O–H groups in total. The first-order chi connectivity index (χ1) is 8.58. The van der Waals surface area contributed by atoms with E-state index in [1.54, 1.807) is 12.1 Å². The highest BCUT2D eigenvalue weighted by molar-refractivity contribution is 5.95. The number of carboxylic acid groups (broad SMARTS) is 1. The van der Waals surface area contributed by atoms with E-state index >= 15 is 0 Å². The van der Waals surface area contributed by atoms with Crippen molar-refractivity contribution >= 4 is 17.6 Å². The Kier molecular flexibility index (Phi) is 3.50.